The van der Waals surface area contributed by atoms with E-state index in [1.165, 1.54) is 16.8 Å². The van der Waals surface area contributed by atoms with Crippen LogP contribution in [0.25, 0.3) is 0 Å². The zero-order valence-electron chi connectivity index (χ0n) is 13.0. The van der Waals surface area contributed by atoms with Gasteiger partial charge in [-0.1, -0.05) is 12.1 Å². The summed E-state index contributed by atoms with van der Waals surface area (Å²) in [5.41, 5.74) is 0.894. The van der Waals surface area contributed by atoms with Gasteiger partial charge < -0.3 is 14.0 Å². The first-order chi connectivity index (χ1) is 11.0. The molecule has 3 rings (SSSR count). The lowest BCUT2D eigenvalue weighted by molar-refractivity contribution is -0.00271. The average Bonchev–Trinajstić information content (AvgIpc) is 3.02. The van der Waals surface area contributed by atoms with Gasteiger partial charge in [-0.25, -0.2) is 13.4 Å². The van der Waals surface area contributed by atoms with Gasteiger partial charge in [-0.05, 0) is 17.7 Å². The van der Waals surface area contributed by atoms with Crippen molar-refractivity contribution in [1.29, 1.82) is 0 Å². The highest BCUT2D eigenvalue weighted by Gasteiger charge is 2.32. The molecule has 2 aromatic rings. The minimum absolute atomic E-state index is 0.0614. The maximum absolute atomic E-state index is 12.7. The average molecular weight is 337 g/mol. The van der Waals surface area contributed by atoms with E-state index in [1.54, 1.807) is 18.7 Å². The van der Waals surface area contributed by atoms with Crippen LogP contribution in [-0.2, 0) is 21.8 Å². The molecule has 1 fully saturated rings. The van der Waals surface area contributed by atoms with Gasteiger partial charge in [0, 0.05) is 26.3 Å². The predicted molar refractivity (Wildman–Crippen MR) is 83.7 cm³/mol. The molecule has 0 spiro atoms. The zero-order valence-corrected chi connectivity index (χ0v) is 13.9. The molecule has 1 atom stereocenters. The molecule has 8 heteroatoms. The van der Waals surface area contributed by atoms with E-state index in [1.807, 2.05) is 24.3 Å². The van der Waals surface area contributed by atoms with E-state index in [2.05, 4.69) is 4.98 Å². The Hall–Kier alpha value is -1.90. The molecule has 0 bridgehead atoms. The fourth-order valence-corrected chi connectivity index (χ4v) is 3.93. The van der Waals surface area contributed by atoms with Gasteiger partial charge >= 0.3 is 0 Å². The number of benzene rings is 1. The third-order valence-electron chi connectivity index (χ3n) is 3.78. The molecule has 1 unspecified atom stereocenters. The summed E-state index contributed by atoms with van der Waals surface area (Å²) in [6.07, 6.45) is 2.66. The highest BCUT2D eigenvalue weighted by molar-refractivity contribution is 7.89. The molecule has 1 aromatic carbocycles. The molecule has 2 heterocycles. The number of morpholine rings is 1. The van der Waals surface area contributed by atoms with E-state index in [-0.39, 0.29) is 17.7 Å². The highest BCUT2D eigenvalue weighted by atomic mass is 32.2. The summed E-state index contributed by atoms with van der Waals surface area (Å²) in [5.74, 6) is 0.718. The molecule has 1 saturated heterocycles. The van der Waals surface area contributed by atoms with E-state index >= 15 is 0 Å². The summed E-state index contributed by atoms with van der Waals surface area (Å²) < 4.78 is 39.3. The SMILES string of the molecule is COc1cccc(C2CN(S(=O)(=O)c3cn(C)cn3)CCO2)c1. The Morgan fingerprint density at radius 1 is 1.39 bits per heavy atom. The first kappa shape index (κ1) is 16.0. The minimum atomic E-state index is -3.61. The van der Waals surface area contributed by atoms with Crippen molar-refractivity contribution in [2.45, 2.75) is 11.1 Å². The van der Waals surface area contributed by atoms with E-state index in [0.717, 1.165) is 11.3 Å². The van der Waals surface area contributed by atoms with Gasteiger partial charge in [0.15, 0.2) is 5.03 Å². The molecule has 7 nitrogen and oxygen atoms in total. The van der Waals surface area contributed by atoms with Gasteiger partial charge in [-0.15, -0.1) is 0 Å². The second kappa shape index (κ2) is 6.31. The van der Waals surface area contributed by atoms with Crippen LogP contribution < -0.4 is 4.74 Å². The summed E-state index contributed by atoms with van der Waals surface area (Å²) in [4.78, 5) is 3.96. The molecule has 0 amide bonds. The lowest BCUT2D eigenvalue weighted by Crippen LogP contribution is -2.42. The summed E-state index contributed by atoms with van der Waals surface area (Å²) >= 11 is 0. The number of aromatic nitrogens is 2. The third-order valence-corrected chi connectivity index (χ3v) is 5.53. The Balaban J connectivity index is 1.83. The fourth-order valence-electron chi connectivity index (χ4n) is 2.54. The van der Waals surface area contributed by atoms with Crippen LogP contribution in [0.4, 0.5) is 0 Å². The van der Waals surface area contributed by atoms with Crippen LogP contribution in [0, 0.1) is 0 Å². The van der Waals surface area contributed by atoms with Crippen molar-refractivity contribution in [2.75, 3.05) is 26.8 Å². The first-order valence-corrected chi connectivity index (χ1v) is 8.68. The summed E-state index contributed by atoms with van der Waals surface area (Å²) in [6, 6.07) is 7.48. The molecule has 0 N–H and O–H groups in total. The molecule has 23 heavy (non-hydrogen) atoms. The molecule has 1 aromatic heterocycles. The second-order valence-electron chi connectivity index (χ2n) is 5.38. The monoisotopic (exact) mass is 337 g/mol. The first-order valence-electron chi connectivity index (χ1n) is 7.24. The van der Waals surface area contributed by atoms with Crippen molar-refractivity contribution < 1.29 is 17.9 Å². The standard InChI is InChI=1S/C15H19N3O4S/c1-17-10-15(16-11-17)23(19,20)18-6-7-22-14(9-18)12-4-3-5-13(8-12)21-2/h3-5,8,10-11,14H,6-7,9H2,1-2H3. The molecule has 0 aliphatic carbocycles. The van der Waals surface area contributed by atoms with Gasteiger partial charge in [0.1, 0.15) is 5.75 Å². The molecule has 1 aliphatic rings. The Bertz CT molecular complexity index is 788. The third kappa shape index (κ3) is 3.24. The van der Waals surface area contributed by atoms with Crippen molar-refractivity contribution in [2.24, 2.45) is 7.05 Å². The van der Waals surface area contributed by atoms with Gasteiger partial charge in [0.25, 0.3) is 10.0 Å². The van der Waals surface area contributed by atoms with Crippen molar-refractivity contribution >= 4 is 10.0 Å². The van der Waals surface area contributed by atoms with Gasteiger partial charge in [0.2, 0.25) is 0 Å². The fraction of sp³-hybridized carbons (Fsp3) is 0.400. The number of hydrogen-bond acceptors (Lipinski definition) is 5. The maximum Gasteiger partial charge on any atom is 0.262 e. The highest BCUT2D eigenvalue weighted by Crippen LogP contribution is 2.27. The summed E-state index contributed by atoms with van der Waals surface area (Å²) in [7, 11) is -0.271. The molecule has 0 radical (unpaired) electrons. The topological polar surface area (TPSA) is 73.7 Å². The molecule has 0 saturated carbocycles. The van der Waals surface area contributed by atoms with Gasteiger partial charge in [0.05, 0.1) is 26.1 Å². The Morgan fingerprint density at radius 3 is 2.91 bits per heavy atom. The number of ether oxygens (including phenoxy) is 2. The van der Waals surface area contributed by atoms with E-state index in [4.69, 9.17) is 9.47 Å². The maximum atomic E-state index is 12.7. The van der Waals surface area contributed by atoms with Crippen molar-refractivity contribution in [3.63, 3.8) is 0 Å². The van der Waals surface area contributed by atoms with Crippen LogP contribution in [-0.4, -0.2) is 49.1 Å². The van der Waals surface area contributed by atoms with Crippen LogP contribution in [0.3, 0.4) is 0 Å². The van der Waals surface area contributed by atoms with Crippen LogP contribution in [0.15, 0.2) is 41.8 Å². The summed E-state index contributed by atoms with van der Waals surface area (Å²) in [5, 5.41) is 0.0614. The molecule has 124 valence electrons. The van der Waals surface area contributed by atoms with E-state index in [9.17, 15) is 8.42 Å². The largest absolute Gasteiger partial charge is 0.497 e. The van der Waals surface area contributed by atoms with Crippen LogP contribution in [0.5, 0.6) is 5.75 Å². The molecule has 1 aliphatic heterocycles. The number of hydrogen-bond donors (Lipinski definition) is 0. The summed E-state index contributed by atoms with van der Waals surface area (Å²) in [6.45, 7) is 0.916. The normalized spacial score (nSPS) is 19.7. The van der Waals surface area contributed by atoms with Crippen LogP contribution in [0.1, 0.15) is 11.7 Å². The Labute approximate surface area is 135 Å². The number of aryl methyl sites for hydroxylation is 1. The van der Waals surface area contributed by atoms with E-state index in [0.29, 0.717) is 13.2 Å². The number of sulfonamides is 1. The van der Waals surface area contributed by atoms with Crippen LogP contribution in [0.2, 0.25) is 0 Å². The lowest BCUT2D eigenvalue weighted by Gasteiger charge is -2.31. The Kier molecular flexibility index (Phi) is 4.38. The molecular formula is C15H19N3O4S. The van der Waals surface area contributed by atoms with Crippen molar-refractivity contribution in [1.82, 2.24) is 13.9 Å². The van der Waals surface area contributed by atoms with Gasteiger partial charge in [-0.3, -0.25) is 0 Å². The lowest BCUT2D eigenvalue weighted by atomic mass is 10.1. The van der Waals surface area contributed by atoms with E-state index < -0.39 is 10.0 Å². The Morgan fingerprint density at radius 2 is 2.22 bits per heavy atom. The number of methoxy groups -OCH3 is 1. The van der Waals surface area contributed by atoms with Crippen molar-refractivity contribution in [3.8, 4) is 5.75 Å². The minimum Gasteiger partial charge on any atom is -0.497 e. The molecular weight excluding hydrogens is 318 g/mol. The quantitative estimate of drug-likeness (QED) is 0.838. The number of imidazole rings is 1. The number of rotatable bonds is 4. The zero-order chi connectivity index (χ0) is 16.4. The predicted octanol–water partition coefficient (Wildman–Crippen LogP) is 1.19. The van der Waals surface area contributed by atoms with Crippen LogP contribution >= 0.6 is 0 Å². The number of nitrogens with zero attached hydrogens (tertiary/aromatic N) is 3. The smallest absolute Gasteiger partial charge is 0.262 e. The second-order valence-corrected chi connectivity index (χ2v) is 7.26. The van der Waals surface area contributed by atoms with Crippen molar-refractivity contribution in [3.05, 3.63) is 42.4 Å². The van der Waals surface area contributed by atoms with Gasteiger partial charge in [-0.2, -0.15) is 4.31 Å².